The van der Waals surface area contributed by atoms with Gasteiger partial charge in [0.25, 0.3) is 0 Å². The van der Waals surface area contributed by atoms with Gasteiger partial charge in [0.1, 0.15) is 18.0 Å². The number of ether oxygens (including phenoxy) is 3. The third kappa shape index (κ3) is 3.97. The van der Waals surface area contributed by atoms with Gasteiger partial charge in [0.2, 0.25) is 8.32 Å². The molecule has 43 heavy (non-hydrogen) atoms. The molecule has 1 aromatic carbocycles. The molecule has 6 rings (SSSR count). The van der Waals surface area contributed by atoms with Crippen molar-refractivity contribution in [1.82, 2.24) is 0 Å². The van der Waals surface area contributed by atoms with E-state index < -0.39 is 48.6 Å². The Bertz CT molecular complexity index is 1450. The van der Waals surface area contributed by atoms with Crippen LogP contribution in [-0.4, -0.2) is 51.5 Å². The Kier molecular flexibility index (Phi) is 6.63. The van der Waals surface area contributed by atoms with Crippen LogP contribution >= 0.6 is 0 Å². The van der Waals surface area contributed by atoms with Gasteiger partial charge in [-0.1, -0.05) is 58.4 Å². The molecule has 0 aromatic heterocycles. The fraction of sp³-hybridized carbons (Fsp3) is 0.629. The second-order valence-electron chi connectivity index (χ2n) is 15.6. The van der Waals surface area contributed by atoms with Gasteiger partial charge >= 0.3 is 11.9 Å². The maximum Gasteiger partial charge on any atom is 0.316 e. The van der Waals surface area contributed by atoms with E-state index in [0.29, 0.717) is 0 Å². The van der Waals surface area contributed by atoms with E-state index in [1.54, 1.807) is 6.08 Å². The average Bonchev–Trinajstić information content (AvgIpc) is 3.51. The van der Waals surface area contributed by atoms with Crippen molar-refractivity contribution < 1.29 is 33.0 Å². The molecule has 2 aliphatic heterocycles. The molecule has 0 radical (unpaired) electrons. The Morgan fingerprint density at radius 1 is 1.07 bits per heavy atom. The summed E-state index contributed by atoms with van der Waals surface area (Å²) in [5.41, 5.74) is 0.870. The Hall–Kier alpha value is -2.71. The molecule has 7 nitrogen and oxygen atoms in total. The van der Waals surface area contributed by atoms with E-state index in [1.165, 1.54) is 24.3 Å². The maximum atomic E-state index is 13.9. The smallest absolute Gasteiger partial charge is 0.316 e. The topological polar surface area (TPSA) is 88.1 Å². The minimum absolute atomic E-state index is 0.0596. The lowest BCUT2D eigenvalue weighted by Gasteiger charge is -2.59. The van der Waals surface area contributed by atoms with Crippen molar-refractivity contribution >= 4 is 26.0 Å². The van der Waals surface area contributed by atoms with Crippen LogP contribution in [0.1, 0.15) is 72.8 Å². The van der Waals surface area contributed by atoms with E-state index in [1.807, 2.05) is 13.8 Å². The second kappa shape index (κ2) is 9.40. The zero-order valence-electron chi connectivity index (χ0n) is 27.2. The van der Waals surface area contributed by atoms with Crippen molar-refractivity contribution in [2.45, 2.75) is 104 Å². The van der Waals surface area contributed by atoms with Crippen LogP contribution < -0.4 is 4.43 Å². The highest BCUT2D eigenvalue weighted by Crippen LogP contribution is 2.72. The Morgan fingerprint density at radius 3 is 2.33 bits per heavy atom. The molecular formula is C35H46O7Si. The Labute approximate surface area is 256 Å². The van der Waals surface area contributed by atoms with Crippen LogP contribution in [0.2, 0.25) is 18.1 Å². The Morgan fingerprint density at radius 2 is 1.72 bits per heavy atom. The molecule has 5 aliphatic rings. The number of rotatable bonds is 5. The molecule has 0 spiro atoms. The van der Waals surface area contributed by atoms with Crippen LogP contribution in [0.25, 0.3) is 0 Å². The van der Waals surface area contributed by atoms with Gasteiger partial charge in [0.05, 0.1) is 25.0 Å². The first-order valence-corrected chi connectivity index (χ1v) is 18.5. The third-order valence-electron chi connectivity index (χ3n) is 12.4. The van der Waals surface area contributed by atoms with E-state index in [0.717, 1.165) is 17.7 Å². The predicted molar refractivity (Wildman–Crippen MR) is 165 cm³/mol. The number of benzene rings is 1. The molecule has 3 fully saturated rings. The largest absolute Gasteiger partial charge is 0.544 e. The summed E-state index contributed by atoms with van der Waals surface area (Å²) in [4.78, 5) is 40.3. The first kappa shape index (κ1) is 30.3. The lowest BCUT2D eigenvalue weighted by atomic mass is 9.42. The van der Waals surface area contributed by atoms with Gasteiger partial charge in [-0.25, -0.2) is 0 Å². The molecule has 9 atom stereocenters. The van der Waals surface area contributed by atoms with Gasteiger partial charge in [-0.3, -0.25) is 14.4 Å². The van der Waals surface area contributed by atoms with Crippen LogP contribution in [0.3, 0.4) is 0 Å². The number of methoxy groups -OCH3 is 1. The summed E-state index contributed by atoms with van der Waals surface area (Å²) in [7, 11) is -0.578. The number of allylic oxidation sites excluding steroid dienone is 2. The summed E-state index contributed by atoms with van der Waals surface area (Å²) in [6, 6.07) is 8.46. The molecule has 0 bridgehead atoms. The number of fused-ring (bicyclic) bond motifs is 4. The highest BCUT2D eigenvalue weighted by Gasteiger charge is 2.77. The van der Waals surface area contributed by atoms with E-state index in [9.17, 15) is 14.4 Å². The monoisotopic (exact) mass is 606 g/mol. The molecule has 0 amide bonds. The first-order chi connectivity index (χ1) is 19.9. The molecule has 2 saturated heterocycles. The van der Waals surface area contributed by atoms with E-state index in [-0.39, 0.29) is 41.2 Å². The van der Waals surface area contributed by atoms with Crippen LogP contribution in [0.15, 0.2) is 47.6 Å². The SMILES string of the molecule is COC(=O)C[C@H]1[C@]2(C)C3=C(C)[C@H](c4ccc(O[Si](C)(C)C(C)(C)C)cc4)C[C@H]3O[C@@H]2[C@@H]2OC(=O)[C@]3(C)C=CC(=O)[C@@]1(C)[C@@H]23. The van der Waals surface area contributed by atoms with Crippen molar-refractivity contribution in [3.05, 3.63) is 53.1 Å². The zero-order valence-corrected chi connectivity index (χ0v) is 28.2. The summed E-state index contributed by atoms with van der Waals surface area (Å²) in [5, 5.41) is 0.107. The van der Waals surface area contributed by atoms with Crippen LogP contribution in [-0.2, 0) is 28.6 Å². The van der Waals surface area contributed by atoms with E-state index >= 15 is 0 Å². The maximum absolute atomic E-state index is 13.9. The van der Waals surface area contributed by atoms with Crippen molar-refractivity contribution in [1.29, 1.82) is 0 Å². The molecular weight excluding hydrogens is 560 g/mol. The standard InChI is InChI=1S/C35H46O7Si/c1-19-22(20-11-13-21(14-12-20)42-43(9,10)32(2,3)4)17-23-27(19)35(7)24(18-26(37)39-8)34(6)25(36)15-16-33(5)29(34)28(30(35)40-23)41-31(33)38/h11-16,22-24,28-30H,17-18H2,1-10H3/t22-,23-,24-,28-,29+,30-,33-,34+,35-/m1/s1. The quantitative estimate of drug-likeness (QED) is 0.214. The van der Waals surface area contributed by atoms with Crippen LogP contribution in [0.4, 0.5) is 0 Å². The lowest BCUT2D eigenvalue weighted by molar-refractivity contribution is -0.190. The number of carbonyl (C=O) groups is 3. The van der Waals surface area contributed by atoms with Gasteiger partial charge in [0.15, 0.2) is 5.78 Å². The van der Waals surface area contributed by atoms with Crippen molar-refractivity contribution in [3.63, 3.8) is 0 Å². The number of hydrogen-bond donors (Lipinski definition) is 0. The highest BCUT2D eigenvalue weighted by molar-refractivity contribution is 6.74. The normalized spacial score (nSPS) is 39.8. The fourth-order valence-corrected chi connectivity index (χ4v) is 10.2. The summed E-state index contributed by atoms with van der Waals surface area (Å²) in [5.74, 6) is -0.611. The van der Waals surface area contributed by atoms with E-state index in [4.69, 9.17) is 18.6 Å². The lowest BCUT2D eigenvalue weighted by Crippen LogP contribution is -2.66. The minimum atomic E-state index is -1.96. The second-order valence-corrected chi connectivity index (χ2v) is 20.3. The average molecular weight is 607 g/mol. The fourth-order valence-electron chi connectivity index (χ4n) is 9.15. The molecule has 0 unspecified atom stereocenters. The molecule has 1 saturated carbocycles. The summed E-state index contributed by atoms with van der Waals surface area (Å²) in [6.07, 6.45) is 2.83. The summed E-state index contributed by atoms with van der Waals surface area (Å²) < 4.78 is 24.7. The highest BCUT2D eigenvalue weighted by atomic mass is 28.4. The molecule has 8 heteroatoms. The zero-order chi connectivity index (χ0) is 31.5. The van der Waals surface area contributed by atoms with Crippen molar-refractivity contribution in [3.8, 4) is 5.75 Å². The summed E-state index contributed by atoms with van der Waals surface area (Å²) in [6.45, 7) is 19.3. The summed E-state index contributed by atoms with van der Waals surface area (Å²) >= 11 is 0. The third-order valence-corrected chi connectivity index (χ3v) is 16.8. The van der Waals surface area contributed by atoms with Gasteiger partial charge in [-0.15, -0.1) is 0 Å². The predicted octanol–water partition coefficient (Wildman–Crippen LogP) is 6.53. The molecule has 1 aromatic rings. The minimum Gasteiger partial charge on any atom is -0.544 e. The number of ketones is 1. The van der Waals surface area contributed by atoms with Crippen molar-refractivity contribution in [2.75, 3.05) is 7.11 Å². The van der Waals surface area contributed by atoms with Gasteiger partial charge in [0, 0.05) is 22.7 Å². The molecule has 2 heterocycles. The molecule has 232 valence electrons. The van der Waals surface area contributed by atoms with Crippen LogP contribution in [0.5, 0.6) is 5.75 Å². The molecule has 3 aliphatic carbocycles. The van der Waals surface area contributed by atoms with Crippen LogP contribution in [0, 0.1) is 28.1 Å². The van der Waals surface area contributed by atoms with Gasteiger partial charge in [-0.2, -0.15) is 0 Å². The van der Waals surface area contributed by atoms with Crippen molar-refractivity contribution in [2.24, 2.45) is 28.1 Å². The van der Waals surface area contributed by atoms with E-state index in [2.05, 4.69) is 72.0 Å². The van der Waals surface area contributed by atoms with Gasteiger partial charge in [-0.05, 0) is 73.7 Å². The first-order valence-electron chi connectivity index (χ1n) is 15.6. The Balaban J connectivity index is 1.42. The molecule has 0 N–H and O–H groups in total. The van der Waals surface area contributed by atoms with Gasteiger partial charge < -0.3 is 18.6 Å². The number of esters is 2. The number of carbonyl (C=O) groups excluding carboxylic acids is 3. The number of hydrogen-bond acceptors (Lipinski definition) is 7.